The third-order valence-corrected chi connectivity index (χ3v) is 6.44. The lowest BCUT2D eigenvalue weighted by molar-refractivity contribution is -0.124. The molecule has 2 saturated carbocycles. The van der Waals surface area contributed by atoms with Gasteiger partial charge in [0.25, 0.3) is 0 Å². The number of amides is 1. The van der Waals surface area contributed by atoms with Crippen LogP contribution in [0, 0.1) is 17.8 Å². The largest absolute Gasteiger partial charge is 0.378 e. The quantitative estimate of drug-likeness (QED) is 0.774. The van der Waals surface area contributed by atoms with Gasteiger partial charge in [0.1, 0.15) is 0 Å². The molecule has 4 rings (SSSR count). The number of hydrogen-bond acceptors (Lipinski definition) is 3. The zero-order valence-electron chi connectivity index (χ0n) is 16.5. The number of pyridine rings is 1. The van der Waals surface area contributed by atoms with Crippen LogP contribution in [0.15, 0.2) is 48.7 Å². The summed E-state index contributed by atoms with van der Waals surface area (Å²) in [6, 6.07) is 14.2. The fraction of sp³-hybridized carbons (Fsp3) is 0.478. The summed E-state index contributed by atoms with van der Waals surface area (Å²) in [5.41, 5.74) is 3.04. The first-order valence-corrected chi connectivity index (χ1v) is 10.1. The van der Waals surface area contributed by atoms with Crippen LogP contribution in [0.5, 0.6) is 0 Å². The average Bonchev–Trinajstić information content (AvgIpc) is 3.32. The van der Waals surface area contributed by atoms with E-state index >= 15 is 0 Å². The number of benzene rings is 1. The number of carbonyl (C=O) groups is 1. The van der Waals surface area contributed by atoms with Crippen LogP contribution >= 0.6 is 0 Å². The van der Waals surface area contributed by atoms with Crippen molar-refractivity contribution in [1.82, 2.24) is 4.98 Å². The van der Waals surface area contributed by atoms with Crippen LogP contribution in [0.1, 0.15) is 44.3 Å². The number of fused-ring (bicyclic) bond motifs is 2. The third kappa shape index (κ3) is 3.45. The molecule has 4 atom stereocenters. The minimum Gasteiger partial charge on any atom is -0.378 e. The maximum Gasteiger partial charge on any atom is 0.231 e. The molecular formula is C23H29N3O. The van der Waals surface area contributed by atoms with Gasteiger partial charge in [0.2, 0.25) is 5.91 Å². The second-order valence-electron chi connectivity index (χ2n) is 8.33. The van der Waals surface area contributed by atoms with Gasteiger partial charge in [-0.25, -0.2) is 0 Å². The second-order valence-corrected chi connectivity index (χ2v) is 8.33. The summed E-state index contributed by atoms with van der Waals surface area (Å²) in [7, 11) is 4.06. The van der Waals surface area contributed by atoms with Gasteiger partial charge in [-0.15, -0.1) is 0 Å². The highest BCUT2D eigenvalue weighted by Crippen LogP contribution is 2.49. The average molecular weight is 364 g/mol. The van der Waals surface area contributed by atoms with Crippen molar-refractivity contribution in [2.45, 2.75) is 38.6 Å². The topological polar surface area (TPSA) is 36.4 Å². The van der Waals surface area contributed by atoms with Crippen LogP contribution in [-0.2, 0) is 4.79 Å². The molecule has 2 aliphatic carbocycles. The van der Waals surface area contributed by atoms with E-state index in [1.54, 1.807) is 6.20 Å². The zero-order chi connectivity index (χ0) is 19.0. The predicted molar refractivity (Wildman–Crippen MR) is 110 cm³/mol. The summed E-state index contributed by atoms with van der Waals surface area (Å²) in [6.45, 7) is 2.09. The Morgan fingerprint density at radius 3 is 2.33 bits per heavy atom. The normalized spacial score (nSPS) is 24.6. The first-order chi connectivity index (χ1) is 13.0. The lowest BCUT2D eigenvalue weighted by atomic mass is 9.87. The molecule has 4 heteroatoms. The Morgan fingerprint density at radius 1 is 1.04 bits per heavy atom. The van der Waals surface area contributed by atoms with Crippen LogP contribution in [0.2, 0.25) is 0 Å². The van der Waals surface area contributed by atoms with Crippen molar-refractivity contribution in [2.75, 3.05) is 23.9 Å². The molecule has 0 unspecified atom stereocenters. The standard InChI is InChI=1S/C23H29N3O/c1-16(22-6-4-5-13-24-22)26(20-11-9-19(10-12-20)25(2)3)23(27)21-15-17-7-8-18(21)14-17/h4-6,9-13,16-18,21H,7-8,14-15H2,1-3H3/t16-,17-,18-,21+/m0/s1. The molecular weight excluding hydrogens is 334 g/mol. The Labute approximate surface area is 162 Å². The fourth-order valence-electron chi connectivity index (χ4n) is 4.93. The van der Waals surface area contributed by atoms with E-state index < -0.39 is 0 Å². The molecule has 2 aliphatic rings. The van der Waals surface area contributed by atoms with Crippen molar-refractivity contribution < 1.29 is 4.79 Å². The van der Waals surface area contributed by atoms with Gasteiger partial charge in [-0.3, -0.25) is 9.78 Å². The van der Waals surface area contributed by atoms with E-state index in [0.29, 0.717) is 5.92 Å². The number of aromatic nitrogens is 1. The molecule has 2 fully saturated rings. The number of anilines is 2. The zero-order valence-corrected chi connectivity index (χ0v) is 16.5. The molecule has 4 nitrogen and oxygen atoms in total. The number of rotatable bonds is 5. The van der Waals surface area contributed by atoms with E-state index in [-0.39, 0.29) is 17.9 Å². The molecule has 0 radical (unpaired) electrons. The van der Waals surface area contributed by atoms with Crippen LogP contribution in [0.25, 0.3) is 0 Å². The summed E-state index contributed by atoms with van der Waals surface area (Å²) >= 11 is 0. The monoisotopic (exact) mass is 363 g/mol. The molecule has 0 spiro atoms. The van der Waals surface area contributed by atoms with E-state index in [1.165, 1.54) is 19.3 Å². The first kappa shape index (κ1) is 18.0. The maximum absolute atomic E-state index is 13.7. The van der Waals surface area contributed by atoms with Crippen LogP contribution in [-0.4, -0.2) is 25.0 Å². The van der Waals surface area contributed by atoms with Crippen LogP contribution in [0.4, 0.5) is 11.4 Å². The van der Waals surface area contributed by atoms with Gasteiger partial charge in [-0.2, -0.15) is 0 Å². The molecule has 1 aromatic carbocycles. The highest BCUT2D eigenvalue weighted by molar-refractivity contribution is 5.96. The van der Waals surface area contributed by atoms with Crippen molar-refractivity contribution in [1.29, 1.82) is 0 Å². The van der Waals surface area contributed by atoms with Gasteiger partial charge in [0.15, 0.2) is 0 Å². The summed E-state index contributed by atoms with van der Waals surface area (Å²) in [5.74, 6) is 1.77. The summed E-state index contributed by atoms with van der Waals surface area (Å²) in [5, 5.41) is 0. The smallest absolute Gasteiger partial charge is 0.231 e. The number of nitrogens with zero attached hydrogens (tertiary/aromatic N) is 3. The SMILES string of the molecule is C[C@@H](c1ccccn1)N(C(=O)[C@@H]1C[C@H]2CC[C@H]1C2)c1ccc(N(C)C)cc1. The molecule has 0 saturated heterocycles. The highest BCUT2D eigenvalue weighted by atomic mass is 16.2. The molecule has 0 aliphatic heterocycles. The number of hydrogen-bond donors (Lipinski definition) is 0. The van der Waals surface area contributed by atoms with Crippen molar-refractivity contribution >= 4 is 17.3 Å². The van der Waals surface area contributed by atoms with E-state index in [9.17, 15) is 4.79 Å². The maximum atomic E-state index is 13.7. The number of carbonyl (C=O) groups excluding carboxylic acids is 1. The first-order valence-electron chi connectivity index (χ1n) is 10.1. The van der Waals surface area contributed by atoms with Crippen molar-refractivity contribution in [2.24, 2.45) is 17.8 Å². The van der Waals surface area contributed by atoms with Gasteiger partial charge in [0.05, 0.1) is 11.7 Å². The van der Waals surface area contributed by atoms with Crippen LogP contribution in [0.3, 0.4) is 0 Å². The Balaban J connectivity index is 1.67. The molecule has 1 aromatic heterocycles. The van der Waals surface area contributed by atoms with Gasteiger partial charge in [0, 0.05) is 37.6 Å². The van der Waals surface area contributed by atoms with Crippen molar-refractivity contribution in [3.05, 3.63) is 54.4 Å². The Morgan fingerprint density at radius 2 is 1.78 bits per heavy atom. The van der Waals surface area contributed by atoms with E-state index in [1.807, 2.05) is 37.2 Å². The second kappa shape index (κ2) is 7.34. The van der Waals surface area contributed by atoms with Crippen molar-refractivity contribution in [3.8, 4) is 0 Å². The lowest BCUT2D eigenvalue weighted by Crippen LogP contribution is -2.40. The highest BCUT2D eigenvalue weighted by Gasteiger charge is 2.45. The van der Waals surface area contributed by atoms with Gasteiger partial charge >= 0.3 is 0 Å². The molecule has 142 valence electrons. The molecule has 27 heavy (non-hydrogen) atoms. The molecule has 1 amide bonds. The molecule has 2 bridgehead atoms. The molecule has 1 heterocycles. The third-order valence-electron chi connectivity index (χ3n) is 6.44. The van der Waals surface area contributed by atoms with Gasteiger partial charge in [-0.05, 0) is 74.4 Å². The Bertz CT molecular complexity index is 787. The van der Waals surface area contributed by atoms with Crippen LogP contribution < -0.4 is 9.80 Å². The minimum absolute atomic E-state index is 0.0805. The summed E-state index contributed by atoms with van der Waals surface area (Å²) in [6.07, 6.45) is 6.63. The van der Waals surface area contributed by atoms with E-state index in [2.05, 4.69) is 41.1 Å². The van der Waals surface area contributed by atoms with E-state index in [0.717, 1.165) is 29.4 Å². The van der Waals surface area contributed by atoms with Gasteiger partial charge in [-0.1, -0.05) is 12.5 Å². The fourth-order valence-corrected chi connectivity index (χ4v) is 4.93. The molecule has 0 N–H and O–H groups in total. The molecule has 2 aromatic rings. The summed E-state index contributed by atoms with van der Waals surface area (Å²) in [4.78, 5) is 22.3. The van der Waals surface area contributed by atoms with E-state index in [4.69, 9.17) is 0 Å². The van der Waals surface area contributed by atoms with Gasteiger partial charge < -0.3 is 9.80 Å². The van der Waals surface area contributed by atoms with Crippen molar-refractivity contribution in [3.63, 3.8) is 0 Å². The summed E-state index contributed by atoms with van der Waals surface area (Å²) < 4.78 is 0. The predicted octanol–water partition coefficient (Wildman–Crippen LogP) is 4.68. The Kier molecular flexibility index (Phi) is 4.90. The lowest BCUT2D eigenvalue weighted by Gasteiger charge is -2.34. The Hall–Kier alpha value is -2.36. The minimum atomic E-state index is -0.0805.